The van der Waals surface area contributed by atoms with Gasteiger partial charge in [0.15, 0.2) is 0 Å². The molecule has 0 aliphatic heterocycles. The van der Waals surface area contributed by atoms with E-state index in [-0.39, 0.29) is 0 Å². The molecule has 14 heavy (non-hydrogen) atoms. The lowest BCUT2D eigenvalue weighted by Gasteiger charge is -2.30. The summed E-state index contributed by atoms with van der Waals surface area (Å²) in [6.45, 7) is 3.67. The van der Waals surface area contributed by atoms with Crippen LogP contribution in [-0.4, -0.2) is 22.7 Å². The number of halogens is 1. The Morgan fingerprint density at radius 2 is 2.14 bits per heavy atom. The highest BCUT2D eigenvalue weighted by Gasteiger charge is 2.27. The van der Waals surface area contributed by atoms with E-state index in [9.17, 15) is 9.50 Å². The number of pyridine rings is 1. The zero-order valence-electron chi connectivity index (χ0n) is 8.58. The summed E-state index contributed by atoms with van der Waals surface area (Å²) < 4.78 is 12.8. The number of aromatic nitrogens is 1. The van der Waals surface area contributed by atoms with Gasteiger partial charge in [-0.15, -0.1) is 0 Å². The summed E-state index contributed by atoms with van der Waals surface area (Å²) in [7, 11) is 1.75. The van der Waals surface area contributed by atoms with E-state index in [0.29, 0.717) is 5.56 Å². The van der Waals surface area contributed by atoms with Gasteiger partial charge in [0.25, 0.3) is 0 Å². The predicted molar refractivity (Wildman–Crippen MR) is 52.3 cm³/mol. The highest BCUT2D eigenvalue weighted by molar-refractivity contribution is 5.17. The first-order valence-electron chi connectivity index (χ1n) is 4.45. The number of likely N-dealkylation sites (N-methyl/N-ethyl adjacent to an activating group) is 1. The Labute approximate surface area is 83.0 Å². The first kappa shape index (κ1) is 11.1. The van der Waals surface area contributed by atoms with Crippen LogP contribution in [-0.2, 0) is 0 Å². The Kier molecular flexibility index (Phi) is 3.18. The Balaban J connectivity index is 2.94. The van der Waals surface area contributed by atoms with Crippen LogP contribution in [0.3, 0.4) is 0 Å². The molecule has 0 spiro atoms. The maximum atomic E-state index is 12.8. The van der Waals surface area contributed by atoms with E-state index >= 15 is 0 Å². The van der Waals surface area contributed by atoms with Gasteiger partial charge in [-0.25, -0.2) is 4.39 Å². The van der Waals surface area contributed by atoms with Crippen molar-refractivity contribution in [1.29, 1.82) is 0 Å². The van der Waals surface area contributed by atoms with E-state index in [2.05, 4.69) is 10.3 Å². The van der Waals surface area contributed by atoms with Gasteiger partial charge in [-0.3, -0.25) is 4.98 Å². The van der Waals surface area contributed by atoms with Crippen molar-refractivity contribution in [2.24, 2.45) is 0 Å². The summed E-state index contributed by atoms with van der Waals surface area (Å²) in [5.41, 5.74) is -0.0282. The fourth-order valence-electron chi connectivity index (χ4n) is 1.13. The van der Waals surface area contributed by atoms with Crippen molar-refractivity contribution in [2.45, 2.75) is 25.5 Å². The summed E-state index contributed by atoms with van der Waals surface area (Å²) >= 11 is 0. The van der Waals surface area contributed by atoms with Crippen LogP contribution in [0.25, 0.3) is 0 Å². The third-order valence-electron chi connectivity index (χ3n) is 2.37. The number of hydrogen-bond donors (Lipinski definition) is 2. The molecule has 3 nitrogen and oxygen atoms in total. The second kappa shape index (κ2) is 4.02. The molecule has 2 N–H and O–H groups in total. The van der Waals surface area contributed by atoms with Crippen LogP contribution < -0.4 is 5.32 Å². The van der Waals surface area contributed by atoms with Gasteiger partial charge in [0.2, 0.25) is 0 Å². The molecule has 78 valence electrons. The molecule has 0 amide bonds. The van der Waals surface area contributed by atoms with Crippen molar-refractivity contribution in [3.05, 3.63) is 29.8 Å². The van der Waals surface area contributed by atoms with Crippen molar-refractivity contribution in [1.82, 2.24) is 10.3 Å². The lowest BCUT2D eigenvalue weighted by Crippen LogP contribution is -2.42. The van der Waals surface area contributed by atoms with Crippen molar-refractivity contribution >= 4 is 0 Å². The monoisotopic (exact) mass is 198 g/mol. The van der Waals surface area contributed by atoms with Crippen LogP contribution in [0, 0.1) is 5.82 Å². The SMILES string of the molecule is CNC(C)(C)C(O)c1cncc(F)c1. The van der Waals surface area contributed by atoms with Gasteiger partial charge in [-0.05, 0) is 27.0 Å². The number of nitrogens with one attached hydrogen (secondary N) is 1. The van der Waals surface area contributed by atoms with Crippen molar-refractivity contribution in [2.75, 3.05) is 7.05 Å². The molecule has 1 rings (SSSR count). The van der Waals surface area contributed by atoms with Crippen molar-refractivity contribution < 1.29 is 9.50 Å². The smallest absolute Gasteiger partial charge is 0.141 e. The van der Waals surface area contributed by atoms with Crippen LogP contribution in [0.15, 0.2) is 18.5 Å². The van der Waals surface area contributed by atoms with Crippen LogP contribution >= 0.6 is 0 Å². The summed E-state index contributed by atoms with van der Waals surface area (Å²) in [5, 5.41) is 12.9. The Bertz CT molecular complexity index is 315. The van der Waals surface area contributed by atoms with Gasteiger partial charge < -0.3 is 10.4 Å². The van der Waals surface area contributed by atoms with E-state index in [1.54, 1.807) is 7.05 Å². The highest BCUT2D eigenvalue weighted by atomic mass is 19.1. The van der Waals surface area contributed by atoms with E-state index in [1.165, 1.54) is 12.3 Å². The van der Waals surface area contributed by atoms with Crippen LogP contribution in [0.1, 0.15) is 25.5 Å². The van der Waals surface area contributed by atoms with E-state index in [0.717, 1.165) is 6.20 Å². The maximum Gasteiger partial charge on any atom is 0.141 e. The Morgan fingerprint density at radius 3 is 2.64 bits per heavy atom. The largest absolute Gasteiger partial charge is 0.386 e. The first-order valence-corrected chi connectivity index (χ1v) is 4.45. The predicted octanol–water partition coefficient (Wildman–Crippen LogP) is 1.25. The lowest BCUT2D eigenvalue weighted by atomic mass is 9.92. The molecule has 1 aromatic rings. The fourth-order valence-corrected chi connectivity index (χ4v) is 1.13. The van der Waals surface area contributed by atoms with Crippen molar-refractivity contribution in [3.63, 3.8) is 0 Å². The van der Waals surface area contributed by atoms with Crippen LogP contribution in [0.2, 0.25) is 0 Å². The zero-order chi connectivity index (χ0) is 10.8. The highest BCUT2D eigenvalue weighted by Crippen LogP contribution is 2.24. The minimum Gasteiger partial charge on any atom is -0.386 e. The summed E-state index contributed by atoms with van der Waals surface area (Å²) in [4.78, 5) is 3.69. The number of nitrogens with zero attached hydrogens (tertiary/aromatic N) is 1. The molecule has 0 radical (unpaired) electrons. The molecule has 0 saturated carbocycles. The van der Waals surface area contributed by atoms with Crippen LogP contribution in [0.5, 0.6) is 0 Å². The number of aliphatic hydroxyl groups excluding tert-OH is 1. The standard InChI is InChI=1S/C10H15FN2O/c1-10(2,12-3)9(14)7-4-8(11)6-13-5-7/h4-6,9,12,14H,1-3H3. The second-order valence-electron chi connectivity index (χ2n) is 3.81. The Morgan fingerprint density at radius 1 is 1.50 bits per heavy atom. The molecule has 1 unspecified atom stereocenters. The Hall–Kier alpha value is -1.00. The third-order valence-corrected chi connectivity index (χ3v) is 2.37. The first-order chi connectivity index (χ1) is 6.47. The molecular weight excluding hydrogens is 183 g/mol. The average Bonchev–Trinajstić information content (AvgIpc) is 2.16. The molecular formula is C10H15FN2O. The van der Waals surface area contributed by atoms with E-state index < -0.39 is 17.5 Å². The quantitative estimate of drug-likeness (QED) is 0.768. The number of rotatable bonds is 3. The van der Waals surface area contributed by atoms with E-state index in [4.69, 9.17) is 0 Å². The van der Waals surface area contributed by atoms with Gasteiger partial charge in [0.1, 0.15) is 5.82 Å². The normalized spacial score (nSPS) is 14.1. The van der Waals surface area contributed by atoms with E-state index in [1.807, 2.05) is 13.8 Å². The fraction of sp³-hybridized carbons (Fsp3) is 0.500. The van der Waals surface area contributed by atoms with Gasteiger partial charge in [-0.1, -0.05) is 0 Å². The molecule has 1 atom stereocenters. The lowest BCUT2D eigenvalue weighted by molar-refractivity contribution is 0.0848. The number of hydrogen-bond acceptors (Lipinski definition) is 3. The molecule has 1 aromatic heterocycles. The minimum absolute atomic E-state index is 0.437. The minimum atomic E-state index is -0.782. The molecule has 0 aromatic carbocycles. The van der Waals surface area contributed by atoms with Gasteiger partial charge >= 0.3 is 0 Å². The topological polar surface area (TPSA) is 45.1 Å². The van der Waals surface area contributed by atoms with Gasteiger partial charge in [0.05, 0.1) is 12.3 Å². The third kappa shape index (κ3) is 2.27. The number of aliphatic hydroxyl groups is 1. The average molecular weight is 198 g/mol. The summed E-state index contributed by atoms with van der Waals surface area (Å²) in [5.74, 6) is -0.437. The van der Waals surface area contributed by atoms with Gasteiger partial charge in [-0.2, -0.15) is 0 Å². The molecule has 0 fully saturated rings. The molecule has 4 heteroatoms. The second-order valence-corrected chi connectivity index (χ2v) is 3.81. The summed E-state index contributed by atoms with van der Waals surface area (Å²) in [6, 6.07) is 1.29. The maximum absolute atomic E-state index is 12.8. The molecule has 0 aliphatic carbocycles. The molecule has 0 aliphatic rings. The zero-order valence-corrected chi connectivity index (χ0v) is 8.58. The molecule has 0 saturated heterocycles. The van der Waals surface area contributed by atoms with Crippen LogP contribution in [0.4, 0.5) is 4.39 Å². The summed E-state index contributed by atoms with van der Waals surface area (Å²) in [6.07, 6.45) is 1.80. The molecule has 1 heterocycles. The van der Waals surface area contributed by atoms with Gasteiger partial charge in [0, 0.05) is 17.3 Å². The molecule has 0 bridgehead atoms. The van der Waals surface area contributed by atoms with Crippen molar-refractivity contribution in [3.8, 4) is 0 Å².